The number of nitrogens with zero attached hydrogens (tertiary/aromatic N) is 3. The van der Waals surface area contributed by atoms with Crippen molar-refractivity contribution in [1.82, 2.24) is 9.97 Å². The molecule has 6 nitrogen and oxygen atoms in total. The van der Waals surface area contributed by atoms with Crippen LogP contribution in [-0.4, -0.2) is 21.9 Å². The monoisotopic (exact) mass is 276 g/mol. The highest BCUT2D eigenvalue weighted by molar-refractivity contribution is 7.98. The molecule has 0 unspecified atom stereocenters. The molecule has 0 aliphatic carbocycles. The van der Waals surface area contributed by atoms with E-state index >= 15 is 0 Å². The van der Waals surface area contributed by atoms with Crippen molar-refractivity contribution in [2.24, 2.45) is 0 Å². The van der Waals surface area contributed by atoms with Crippen molar-refractivity contribution in [2.75, 3.05) is 12.4 Å². The van der Waals surface area contributed by atoms with Crippen LogP contribution >= 0.6 is 11.8 Å². The summed E-state index contributed by atoms with van der Waals surface area (Å²) in [7, 11) is 1.79. The summed E-state index contributed by atoms with van der Waals surface area (Å²) >= 11 is 1.56. The zero-order chi connectivity index (χ0) is 13.7. The van der Waals surface area contributed by atoms with Gasteiger partial charge in [0.25, 0.3) is 5.69 Å². The number of thioether (sulfide) groups is 1. The van der Waals surface area contributed by atoms with Crippen molar-refractivity contribution in [3.05, 3.63) is 52.5 Å². The number of hydrogen-bond acceptors (Lipinski definition) is 6. The topological polar surface area (TPSA) is 81.0 Å². The first-order valence-electron chi connectivity index (χ1n) is 5.55. The summed E-state index contributed by atoms with van der Waals surface area (Å²) in [6, 6.07) is 6.46. The second-order valence-electron chi connectivity index (χ2n) is 3.68. The van der Waals surface area contributed by atoms with Gasteiger partial charge in [0.2, 0.25) is 0 Å². The Morgan fingerprint density at radius 1 is 1.26 bits per heavy atom. The lowest BCUT2D eigenvalue weighted by molar-refractivity contribution is -0.384. The van der Waals surface area contributed by atoms with Crippen molar-refractivity contribution >= 4 is 23.3 Å². The minimum atomic E-state index is -0.406. The first-order chi connectivity index (χ1) is 9.19. The highest BCUT2D eigenvalue weighted by atomic mass is 32.2. The first kappa shape index (κ1) is 13.3. The molecule has 1 N–H and O–H groups in total. The van der Waals surface area contributed by atoms with E-state index in [0.29, 0.717) is 5.75 Å². The van der Waals surface area contributed by atoms with Gasteiger partial charge in [-0.05, 0) is 12.1 Å². The lowest BCUT2D eigenvalue weighted by Gasteiger charge is -2.02. The largest absolute Gasteiger partial charge is 0.372 e. The number of nitro benzene ring substituents is 1. The number of anilines is 1. The zero-order valence-corrected chi connectivity index (χ0v) is 11.1. The van der Waals surface area contributed by atoms with Gasteiger partial charge in [0, 0.05) is 29.8 Å². The Morgan fingerprint density at radius 3 is 2.53 bits per heavy atom. The molecule has 0 aliphatic rings. The summed E-state index contributed by atoms with van der Waals surface area (Å²) in [5.41, 5.74) is 0.963. The average Bonchev–Trinajstić information content (AvgIpc) is 2.46. The Bertz CT molecular complexity index is 557. The SMILES string of the molecule is CNc1cnc(CSc2ccc([N+](=O)[O-])cc2)cn1. The van der Waals surface area contributed by atoms with Crippen molar-refractivity contribution in [2.45, 2.75) is 10.6 Å². The van der Waals surface area contributed by atoms with Gasteiger partial charge in [0.15, 0.2) is 0 Å². The number of rotatable bonds is 5. The van der Waals surface area contributed by atoms with Crippen LogP contribution in [0.5, 0.6) is 0 Å². The summed E-state index contributed by atoms with van der Waals surface area (Å²) in [4.78, 5) is 19.5. The summed E-state index contributed by atoms with van der Waals surface area (Å²) in [5, 5.41) is 13.4. The summed E-state index contributed by atoms with van der Waals surface area (Å²) in [6.07, 6.45) is 3.38. The molecule has 0 spiro atoms. The fourth-order valence-corrected chi connectivity index (χ4v) is 2.17. The summed E-state index contributed by atoms with van der Waals surface area (Å²) < 4.78 is 0. The van der Waals surface area contributed by atoms with Crippen molar-refractivity contribution in [3.8, 4) is 0 Å². The Labute approximate surface area is 114 Å². The fourth-order valence-electron chi connectivity index (χ4n) is 1.38. The summed E-state index contributed by atoms with van der Waals surface area (Å²) in [6.45, 7) is 0. The zero-order valence-electron chi connectivity index (χ0n) is 10.2. The normalized spacial score (nSPS) is 10.2. The third-order valence-corrected chi connectivity index (χ3v) is 3.44. The smallest absolute Gasteiger partial charge is 0.269 e. The van der Waals surface area contributed by atoms with Gasteiger partial charge < -0.3 is 5.32 Å². The molecule has 0 amide bonds. The van der Waals surface area contributed by atoms with Gasteiger partial charge in [-0.1, -0.05) is 0 Å². The van der Waals surface area contributed by atoms with E-state index in [-0.39, 0.29) is 5.69 Å². The van der Waals surface area contributed by atoms with E-state index in [0.717, 1.165) is 16.4 Å². The lowest BCUT2D eigenvalue weighted by atomic mass is 10.3. The highest BCUT2D eigenvalue weighted by Crippen LogP contribution is 2.24. The maximum Gasteiger partial charge on any atom is 0.269 e. The number of benzene rings is 1. The molecule has 2 aromatic rings. The van der Waals surface area contributed by atoms with Crippen LogP contribution in [-0.2, 0) is 5.75 Å². The van der Waals surface area contributed by atoms with Crippen LogP contribution in [0, 0.1) is 10.1 Å². The quantitative estimate of drug-likeness (QED) is 0.513. The maximum atomic E-state index is 10.5. The van der Waals surface area contributed by atoms with E-state index in [9.17, 15) is 10.1 Å². The van der Waals surface area contributed by atoms with Crippen LogP contribution < -0.4 is 5.32 Å². The fraction of sp³-hybridized carbons (Fsp3) is 0.167. The Kier molecular flexibility index (Phi) is 4.30. The maximum absolute atomic E-state index is 10.5. The molecule has 0 saturated heterocycles. The van der Waals surface area contributed by atoms with Gasteiger partial charge in [-0.2, -0.15) is 0 Å². The van der Waals surface area contributed by atoms with E-state index in [1.165, 1.54) is 12.1 Å². The van der Waals surface area contributed by atoms with Crippen LogP contribution in [0.1, 0.15) is 5.69 Å². The third-order valence-electron chi connectivity index (χ3n) is 2.40. The molecule has 0 saturated carbocycles. The number of hydrogen-bond donors (Lipinski definition) is 1. The van der Waals surface area contributed by atoms with Gasteiger partial charge >= 0.3 is 0 Å². The standard InChI is InChI=1S/C12H12N4O2S/c1-13-12-7-14-9(6-15-12)8-19-11-4-2-10(3-5-11)16(17)18/h2-7H,8H2,1H3,(H,13,15). The molecule has 1 aromatic carbocycles. The Balaban J connectivity index is 1.95. The first-order valence-corrected chi connectivity index (χ1v) is 6.53. The number of non-ortho nitro benzene ring substituents is 1. The van der Waals surface area contributed by atoms with Gasteiger partial charge in [0.1, 0.15) is 5.82 Å². The molecule has 19 heavy (non-hydrogen) atoms. The molecule has 1 heterocycles. The van der Waals surface area contributed by atoms with Crippen molar-refractivity contribution in [3.63, 3.8) is 0 Å². The van der Waals surface area contributed by atoms with E-state index in [2.05, 4.69) is 15.3 Å². The van der Waals surface area contributed by atoms with E-state index < -0.39 is 4.92 Å². The molecule has 0 aliphatic heterocycles. The van der Waals surface area contributed by atoms with Crippen LogP contribution in [0.2, 0.25) is 0 Å². The minimum absolute atomic E-state index is 0.0996. The van der Waals surface area contributed by atoms with E-state index in [4.69, 9.17) is 0 Å². The van der Waals surface area contributed by atoms with Crippen LogP contribution in [0.15, 0.2) is 41.6 Å². The molecule has 98 valence electrons. The van der Waals surface area contributed by atoms with Gasteiger partial charge in [0.05, 0.1) is 23.0 Å². The Hall–Kier alpha value is -2.15. The summed E-state index contributed by atoms with van der Waals surface area (Å²) in [5.74, 6) is 1.40. The molecule has 0 atom stereocenters. The van der Waals surface area contributed by atoms with Crippen LogP contribution in [0.3, 0.4) is 0 Å². The van der Waals surface area contributed by atoms with Crippen molar-refractivity contribution < 1.29 is 4.92 Å². The molecule has 0 bridgehead atoms. The second-order valence-corrected chi connectivity index (χ2v) is 4.73. The lowest BCUT2D eigenvalue weighted by Crippen LogP contribution is -1.95. The van der Waals surface area contributed by atoms with Gasteiger partial charge in [-0.15, -0.1) is 11.8 Å². The minimum Gasteiger partial charge on any atom is -0.372 e. The van der Waals surface area contributed by atoms with Crippen LogP contribution in [0.4, 0.5) is 11.5 Å². The molecule has 0 radical (unpaired) electrons. The molecule has 7 heteroatoms. The number of nitrogens with one attached hydrogen (secondary N) is 1. The molecule has 1 aromatic heterocycles. The molecular weight excluding hydrogens is 264 g/mol. The van der Waals surface area contributed by atoms with E-state index in [1.807, 2.05) is 0 Å². The van der Waals surface area contributed by atoms with Gasteiger partial charge in [-0.3, -0.25) is 15.1 Å². The molecule has 0 fully saturated rings. The number of aromatic nitrogens is 2. The number of nitro groups is 1. The predicted octanol–water partition coefficient (Wildman–Crippen LogP) is 2.72. The van der Waals surface area contributed by atoms with E-state index in [1.54, 1.807) is 43.3 Å². The second kappa shape index (κ2) is 6.14. The van der Waals surface area contributed by atoms with Crippen LogP contribution in [0.25, 0.3) is 0 Å². The predicted molar refractivity (Wildman–Crippen MR) is 74.2 cm³/mol. The van der Waals surface area contributed by atoms with Gasteiger partial charge in [-0.25, -0.2) is 4.98 Å². The Morgan fingerprint density at radius 2 is 2.00 bits per heavy atom. The highest BCUT2D eigenvalue weighted by Gasteiger charge is 2.04. The van der Waals surface area contributed by atoms with Crippen molar-refractivity contribution in [1.29, 1.82) is 0 Å². The molecule has 2 rings (SSSR count). The third kappa shape index (κ3) is 3.65. The molecular formula is C12H12N4O2S. The average molecular weight is 276 g/mol.